The number of carbonyl (C=O) groups excluding carboxylic acids is 3. The molecule has 14 nitrogen and oxygen atoms in total. The zero-order valence-electron chi connectivity index (χ0n) is 20.7. The summed E-state index contributed by atoms with van der Waals surface area (Å²) in [6, 6.07) is 0. The van der Waals surface area contributed by atoms with Gasteiger partial charge in [-0.3, -0.25) is 29.1 Å². The molecule has 0 aromatic rings. The highest BCUT2D eigenvalue weighted by atomic mass is 16.5. The maximum atomic E-state index is 12.3. The number of rotatable bonds is 25. The third-order valence-corrected chi connectivity index (χ3v) is 4.75. The lowest BCUT2D eigenvalue weighted by Gasteiger charge is -2.29. The molecule has 37 heavy (non-hydrogen) atoms. The van der Waals surface area contributed by atoms with Gasteiger partial charge in [0.05, 0.1) is 44.8 Å². The van der Waals surface area contributed by atoms with Crippen molar-refractivity contribution in [2.24, 2.45) is 0 Å². The Balaban J connectivity index is 0. The lowest BCUT2D eigenvalue weighted by Crippen LogP contribution is -2.47. The number of carboxylic acid groups (broad SMARTS) is 4. The van der Waals surface area contributed by atoms with Crippen molar-refractivity contribution in [2.75, 3.05) is 85.3 Å². The predicted octanol–water partition coefficient (Wildman–Crippen LogP) is -3.01. The van der Waals surface area contributed by atoms with E-state index in [1.165, 1.54) is 9.80 Å². The van der Waals surface area contributed by atoms with Crippen LogP contribution in [0.1, 0.15) is 33.6 Å². The van der Waals surface area contributed by atoms with E-state index in [2.05, 4.69) is 0 Å². The smallest absolute Gasteiger partial charge is 0.317 e. The van der Waals surface area contributed by atoms with E-state index in [9.17, 15) is 34.2 Å². The second-order valence-electron chi connectivity index (χ2n) is 8.10. The van der Waals surface area contributed by atoms with Crippen LogP contribution in [0.5, 0.6) is 0 Å². The van der Waals surface area contributed by atoms with Crippen LogP contribution in [0.2, 0.25) is 0 Å². The fraction of sp³-hybridized carbons (Fsp3) is 0.783. The van der Waals surface area contributed by atoms with Gasteiger partial charge in [-0.05, 0) is 12.8 Å². The van der Waals surface area contributed by atoms with E-state index >= 15 is 0 Å². The molecule has 0 radical (unpaired) electrons. The molecule has 2 N–H and O–H groups in total. The molecule has 0 bridgehead atoms. The van der Waals surface area contributed by atoms with Crippen molar-refractivity contribution in [3.63, 3.8) is 0 Å². The molecule has 0 amide bonds. The first-order valence-electron chi connectivity index (χ1n) is 11.7. The van der Waals surface area contributed by atoms with Crippen LogP contribution in [0, 0.1) is 0 Å². The van der Waals surface area contributed by atoms with Gasteiger partial charge in [-0.1, -0.05) is 14.4 Å². The Bertz CT molecular complexity index is 675. The fourth-order valence-electron chi connectivity index (χ4n) is 3.18. The Morgan fingerprint density at radius 1 is 0.649 bits per heavy atom. The van der Waals surface area contributed by atoms with Gasteiger partial charge < -0.3 is 39.5 Å². The maximum absolute atomic E-state index is 12.3. The predicted molar refractivity (Wildman–Crippen MR) is 128 cm³/mol. The molecule has 0 atom stereocenters. The van der Waals surface area contributed by atoms with Gasteiger partial charge in [0.15, 0.2) is 0 Å². The third kappa shape index (κ3) is 23.5. The van der Waals surface area contributed by atoms with Crippen LogP contribution in [0.25, 0.3) is 0 Å². The lowest BCUT2D eigenvalue weighted by atomic mass is 10.2. The zero-order chi connectivity index (χ0) is 27.3. The molecular weight excluding hydrogens is 494 g/mol. The molecular formula is C23H41N3O11-2. The van der Waals surface area contributed by atoms with Crippen LogP contribution in [-0.2, 0) is 33.4 Å². The second kappa shape index (κ2) is 22.5. The molecule has 0 aromatic carbocycles. The van der Waals surface area contributed by atoms with Gasteiger partial charge in [-0.25, -0.2) is 0 Å². The van der Waals surface area contributed by atoms with Gasteiger partial charge in [-0.15, -0.1) is 0 Å². The minimum Gasteiger partial charge on any atom is -0.549 e. The van der Waals surface area contributed by atoms with Gasteiger partial charge >= 0.3 is 11.9 Å². The summed E-state index contributed by atoms with van der Waals surface area (Å²) < 4.78 is 10.6. The van der Waals surface area contributed by atoms with Gasteiger partial charge in [0.2, 0.25) is 0 Å². The molecule has 0 heterocycles. The number of hydrogen-bond acceptors (Lipinski definition) is 12. The van der Waals surface area contributed by atoms with E-state index in [4.69, 9.17) is 19.7 Å². The van der Waals surface area contributed by atoms with Crippen LogP contribution >= 0.6 is 0 Å². The first-order chi connectivity index (χ1) is 17.0. The van der Waals surface area contributed by atoms with Gasteiger partial charge in [0, 0.05) is 58.9 Å². The summed E-state index contributed by atoms with van der Waals surface area (Å²) >= 11 is 0. The summed E-state index contributed by atoms with van der Waals surface area (Å²) in [7, 11) is 0. The molecule has 14 heteroatoms. The fourth-order valence-corrected chi connectivity index (χ4v) is 3.18. The SMILES string of the molecule is C.CCCOCCOCCCC(=O)CN(CCN(CCN(CC(=O)[O-])CC(=O)O)CC(=O)O)CC(=O)[O-]. The summed E-state index contributed by atoms with van der Waals surface area (Å²) in [5.41, 5.74) is 0. The van der Waals surface area contributed by atoms with Crippen molar-refractivity contribution in [1.29, 1.82) is 0 Å². The zero-order valence-corrected chi connectivity index (χ0v) is 20.7. The third-order valence-electron chi connectivity index (χ3n) is 4.75. The summed E-state index contributed by atoms with van der Waals surface area (Å²) in [6.07, 6.45) is 1.54. The van der Waals surface area contributed by atoms with Crippen molar-refractivity contribution in [1.82, 2.24) is 14.7 Å². The summed E-state index contributed by atoms with van der Waals surface area (Å²) in [4.78, 5) is 60.2. The average Bonchev–Trinajstić information content (AvgIpc) is 2.75. The quantitative estimate of drug-likeness (QED) is 0.112. The van der Waals surface area contributed by atoms with Crippen molar-refractivity contribution >= 4 is 29.7 Å². The summed E-state index contributed by atoms with van der Waals surface area (Å²) in [5.74, 6) is -5.52. The Labute approximate surface area is 217 Å². The number of Topliss-reactive ketones (excluding diaryl/α,β-unsaturated/α-hetero) is 1. The first kappa shape index (κ1) is 36.5. The first-order valence-corrected chi connectivity index (χ1v) is 11.7. The highest BCUT2D eigenvalue weighted by molar-refractivity contribution is 5.81. The largest absolute Gasteiger partial charge is 0.549 e. The molecule has 0 aliphatic heterocycles. The highest BCUT2D eigenvalue weighted by Crippen LogP contribution is 2.00. The summed E-state index contributed by atoms with van der Waals surface area (Å²) in [6.45, 7) is 1.50. The Kier molecular flexibility index (Phi) is 22.2. The molecule has 216 valence electrons. The van der Waals surface area contributed by atoms with Crippen molar-refractivity contribution < 1.29 is 53.9 Å². The molecule has 0 fully saturated rings. The number of ether oxygens (including phenoxy) is 2. The highest BCUT2D eigenvalue weighted by Gasteiger charge is 2.17. The average molecular weight is 536 g/mol. The standard InChI is InChI=1S/C22H39N3O11.CH4/c1-2-9-35-11-12-36-10-3-4-18(26)13-24(15-20(29)30)7-5-23(14-19(27)28)6-8-25(16-21(31)32)17-22(33)34;/h2-17H2,1H3,(H,27,28)(H,29,30)(H,31,32)(H,33,34);1H4/p-2. The van der Waals surface area contributed by atoms with Gasteiger partial charge in [0.1, 0.15) is 5.78 Å². The minimum atomic E-state index is -1.48. The van der Waals surface area contributed by atoms with E-state index in [0.717, 1.165) is 11.3 Å². The lowest BCUT2D eigenvalue weighted by molar-refractivity contribution is -0.307. The van der Waals surface area contributed by atoms with Crippen LogP contribution < -0.4 is 10.2 Å². The number of nitrogens with zero attached hydrogens (tertiary/aromatic N) is 3. The number of hydrogen-bond donors (Lipinski definition) is 2. The molecule has 0 spiro atoms. The molecule has 0 unspecified atom stereocenters. The van der Waals surface area contributed by atoms with Crippen molar-refractivity contribution in [3.8, 4) is 0 Å². The van der Waals surface area contributed by atoms with Crippen LogP contribution in [0.15, 0.2) is 0 Å². The number of ketones is 1. The molecule has 0 rings (SSSR count). The number of carbonyl (C=O) groups is 5. The van der Waals surface area contributed by atoms with E-state index in [0.29, 0.717) is 32.8 Å². The van der Waals surface area contributed by atoms with Crippen molar-refractivity contribution in [2.45, 2.75) is 33.6 Å². The number of carboxylic acids is 4. The monoisotopic (exact) mass is 535 g/mol. The Morgan fingerprint density at radius 2 is 1.08 bits per heavy atom. The molecule has 0 aliphatic rings. The second-order valence-corrected chi connectivity index (χ2v) is 8.10. The minimum absolute atomic E-state index is 0. The van der Waals surface area contributed by atoms with Crippen LogP contribution in [0.3, 0.4) is 0 Å². The Morgan fingerprint density at radius 3 is 1.54 bits per heavy atom. The van der Waals surface area contributed by atoms with Crippen LogP contribution in [-0.4, -0.2) is 140 Å². The van der Waals surface area contributed by atoms with E-state index in [-0.39, 0.29) is 52.4 Å². The normalized spacial score (nSPS) is 11.0. The summed E-state index contributed by atoms with van der Waals surface area (Å²) in [5, 5.41) is 40.0. The molecule has 0 aliphatic carbocycles. The van der Waals surface area contributed by atoms with E-state index in [1.807, 2.05) is 6.92 Å². The van der Waals surface area contributed by atoms with E-state index in [1.54, 1.807) is 0 Å². The Hall–Kier alpha value is -2.65. The van der Waals surface area contributed by atoms with Gasteiger partial charge in [-0.2, -0.15) is 0 Å². The topological polar surface area (TPSA) is 200 Å². The number of aliphatic carboxylic acids is 4. The maximum Gasteiger partial charge on any atom is 0.317 e. The molecule has 0 saturated carbocycles. The van der Waals surface area contributed by atoms with Crippen LogP contribution in [0.4, 0.5) is 0 Å². The molecule has 0 saturated heterocycles. The van der Waals surface area contributed by atoms with Gasteiger partial charge in [0.25, 0.3) is 0 Å². The van der Waals surface area contributed by atoms with E-state index < -0.39 is 50.1 Å². The molecule has 0 aromatic heterocycles. The van der Waals surface area contributed by atoms with Crippen molar-refractivity contribution in [3.05, 3.63) is 0 Å².